The third-order valence-corrected chi connectivity index (χ3v) is 2.22. The van der Waals surface area contributed by atoms with E-state index in [1.807, 2.05) is 0 Å². The van der Waals surface area contributed by atoms with Crippen LogP contribution in [0.1, 0.15) is 10.4 Å². The van der Waals surface area contributed by atoms with Crippen LogP contribution in [0.4, 0.5) is 0 Å². The van der Waals surface area contributed by atoms with Gasteiger partial charge in [0, 0.05) is 6.07 Å². The van der Waals surface area contributed by atoms with Crippen LogP contribution in [0.3, 0.4) is 0 Å². The molecule has 0 bridgehead atoms. The van der Waals surface area contributed by atoms with Crippen molar-refractivity contribution in [3.8, 4) is 23.8 Å². The van der Waals surface area contributed by atoms with Crippen LogP contribution in [0.2, 0.25) is 0 Å². The second kappa shape index (κ2) is 6.56. The Morgan fingerprint density at radius 1 is 1.41 bits per heavy atom. The van der Waals surface area contributed by atoms with Crippen LogP contribution < -0.4 is 14.8 Å². The SMILES string of the molecule is C#CCNCC(=O)c1ccc(OC)cc1OC. The molecule has 17 heavy (non-hydrogen) atoms. The van der Waals surface area contributed by atoms with Gasteiger partial charge in [-0.25, -0.2) is 0 Å². The molecule has 0 saturated carbocycles. The van der Waals surface area contributed by atoms with Crippen molar-refractivity contribution in [1.82, 2.24) is 5.32 Å². The first kappa shape index (κ1) is 13.1. The smallest absolute Gasteiger partial charge is 0.180 e. The summed E-state index contributed by atoms with van der Waals surface area (Å²) in [6.45, 7) is 0.553. The predicted octanol–water partition coefficient (Wildman–Crippen LogP) is 1.11. The van der Waals surface area contributed by atoms with Crippen LogP contribution >= 0.6 is 0 Å². The van der Waals surface area contributed by atoms with E-state index in [1.54, 1.807) is 25.3 Å². The molecule has 4 nitrogen and oxygen atoms in total. The van der Waals surface area contributed by atoms with Crippen LogP contribution in [0.15, 0.2) is 18.2 Å². The van der Waals surface area contributed by atoms with Crippen molar-refractivity contribution >= 4 is 5.78 Å². The van der Waals surface area contributed by atoms with Gasteiger partial charge in [-0.1, -0.05) is 5.92 Å². The van der Waals surface area contributed by atoms with E-state index in [-0.39, 0.29) is 12.3 Å². The minimum Gasteiger partial charge on any atom is -0.497 e. The highest BCUT2D eigenvalue weighted by molar-refractivity contribution is 6.00. The van der Waals surface area contributed by atoms with Crippen molar-refractivity contribution in [2.45, 2.75) is 0 Å². The van der Waals surface area contributed by atoms with Gasteiger partial charge in [-0.05, 0) is 12.1 Å². The van der Waals surface area contributed by atoms with Crippen molar-refractivity contribution in [2.75, 3.05) is 27.3 Å². The first-order chi connectivity index (χ1) is 8.22. The van der Waals surface area contributed by atoms with E-state index in [4.69, 9.17) is 15.9 Å². The molecule has 1 aromatic rings. The van der Waals surface area contributed by atoms with Crippen LogP contribution in [0.25, 0.3) is 0 Å². The molecule has 0 fully saturated rings. The Hall–Kier alpha value is -1.99. The number of carbonyl (C=O) groups is 1. The van der Waals surface area contributed by atoms with Gasteiger partial charge >= 0.3 is 0 Å². The number of Topliss-reactive ketones (excluding diaryl/α,β-unsaturated/α-hetero) is 1. The number of ether oxygens (including phenoxy) is 2. The van der Waals surface area contributed by atoms with Crippen molar-refractivity contribution in [2.24, 2.45) is 0 Å². The highest BCUT2D eigenvalue weighted by atomic mass is 16.5. The zero-order valence-electron chi connectivity index (χ0n) is 9.95. The number of methoxy groups -OCH3 is 2. The molecule has 0 heterocycles. The number of terminal acetylenes is 1. The fraction of sp³-hybridized carbons (Fsp3) is 0.308. The molecule has 0 aliphatic heterocycles. The van der Waals surface area contributed by atoms with Gasteiger partial charge in [-0.15, -0.1) is 6.42 Å². The highest BCUT2D eigenvalue weighted by Crippen LogP contribution is 2.24. The van der Waals surface area contributed by atoms with E-state index in [0.717, 1.165) is 0 Å². The molecular formula is C13H15NO3. The van der Waals surface area contributed by atoms with Crippen LogP contribution in [-0.4, -0.2) is 33.1 Å². The standard InChI is InChI=1S/C13H15NO3/c1-4-7-14-9-12(15)11-6-5-10(16-2)8-13(11)17-3/h1,5-6,8,14H,7,9H2,2-3H3. The molecule has 0 aliphatic carbocycles. The summed E-state index contributed by atoms with van der Waals surface area (Å²) in [7, 11) is 3.07. The van der Waals surface area contributed by atoms with E-state index >= 15 is 0 Å². The zero-order valence-corrected chi connectivity index (χ0v) is 9.95. The van der Waals surface area contributed by atoms with Crippen molar-refractivity contribution < 1.29 is 14.3 Å². The molecule has 0 unspecified atom stereocenters. The maximum Gasteiger partial charge on any atom is 0.180 e. The molecule has 0 atom stereocenters. The fourth-order valence-electron chi connectivity index (χ4n) is 1.37. The molecule has 0 radical (unpaired) electrons. The van der Waals surface area contributed by atoms with Gasteiger partial charge in [0.2, 0.25) is 0 Å². The molecule has 4 heteroatoms. The van der Waals surface area contributed by atoms with E-state index < -0.39 is 0 Å². The molecular weight excluding hydrogens is 218 g/mol. The third kappa shape index (κ3) is 3.51. The maximum absolute atomic E-state index is 11.8. The Balaban J connectivity index is 2.82. The quantitative estimate of drug-likeness (QED) is 0.454. The number of benzene rings is 1. The average Bonchev–Trinajstić information content (AvgIpc) is 2.38. The first-order valence-electron chi connectivity index (χ1n) is 5.12. The maximum atomic E-state index is 11.8. The number of hydrogen-bond donors (Lipinski definition) is 1. The summed E-state index contributed by atoms with van der Waals surface area (Å²) >= 11 is 0. The van der Waals surface area contributed by atoms with Crippen molar-refractivity contribution in [3.63, 3.8) is 0 Å². The second-order valence-corrected chi connectivity index (χ2v) is 3.30. The Morgan fingerprint density at radius 3 is 2.76 bits per heavy atom. The lowest BCUT2D eigenvalue weighted by molar-refractivity contribution is 0.0989. The van der Waals surface area contributed by atoms with Gasteiger partial charge in [0.25, 0.3) is 0 Å². The summed E-state index contributed by atoms with van der Waals surface area (Å²) in [6.07, 6.45) is 5.08. The Kier molecular flexibility index (Phi) is 5.05. The molecule has 1 N–H and O–H groups in total. The lowest BCUT2D eigenvalue weighted by Gasteiger charge is -2.09. The summed E-state index contributed by atoms with van der Waals surface area (Å²) in [6, 6.07) is 5.07. The molecule has 0 amide bonds. The van der Waals surface area contributed by atoms with Gasteiger partial charge in [0.05, 0.1) is 32.9 Å². The summed E-state index contributed by atoms with van der Waals surface area (Å²) in [5.41, 5.74) is 0.512. The lowest BCUT2D eigenvalue weighted by atomic mass is 10.1. The van der Waals surface area contributed by atoms with E-state index in [2.05, 4.69) is 11.2 Å². The second-order valence-electron chi connectivity index (χ2n) is 3.30. The molecule has 0 aliphatic rings. The predicted molar refractivity (Wildman–Crippen MR) is 65.6 cm³/mol. The molecule has 90 valence electrons. The Bertz CT molecular complexity index is 435. The topological polar surface area (TPSA) is 47.6 Å². The third-order valence-electron chi connectivity index (χ3n) is 2.22. The summed E-state index contributed by atoms with van der Waals surface area (Å²) in [4.78, 5) is 11.8. The number of hydrogen-bond acceptors (Lipinski definition) is 4. The van der Waals surface area contributed by atoms with Gasteiger partial charge in [-0.2, -0.15) is 0 Å². The van der Waals surface area contributed by atoms with Crippen molar-refractivity contribution in [3.05, 3.63) is 23.8 Å². The lowest BCUT2D eigenvalue weighted by Crippen LogP contribution is -2.23. The molecule has 0 spiro atoms. The fourth-order valence-corrected chi connectivity index (χ4v) is 1.37. The van der Waals surface area contributed by atoms with E-state index in [1.165, 1.54) is 7.11 Å². The van der Waals surface area contributed by atoms with Crippen molar-refractivity contribution in [1.29, 1.82) is 0 Å². The van der Waals surface area contributed by atoms with Crippen LogP contribution in [-0.2, 0) is 0 Å². The number of carbonyl (C=O) groups excluding carboxylic acids is 1. The van der Waals surface area contributed by atoms with Gasteiger partial charge in [0.15, 0.2) is 5.78 Å². The van der Waals surface area contributed by atoms with Gasteiger partial charge in [-0.3, -0.25) is 10.1 Å². The average molecular weight is 233 g/mol. The number of ketones is 1. The zero-order chi connectivity index (χ0) is 12.7. The van der Waals surface area contributed by atoms with Crippen LogP contribution in [0, 0.1) is 12.3 Å². The van der Waals surface area contributed by atoms with Gasteiger partial charge < -0.3 is 9.47 Å². The summed E-state index contributed by atoms with van der Waals surface area (Å²) < 4.78 is 10.2. The highest BCUT2D eigenvalue weighted by Gasteiger charge is 2.12. The first-order valence-corrected chi connectivity index (χ1v) is 5.12. The van der Waals surface area contributed by atoms with Gasteiger partial charge in [0.1, 0.15) is 11.5 Å². The number of rotatable bonds is 6. The summed E-state index contributed by atoms with van der Waals surface area (Å²) in [5.74, 6) is 3.48. The number of nitrogens with one attached hydrogen (secondary N) is 1. The minimum atomic E-state index is -0.0697. The van der Waals surface area contributed by atoms with E-state index in [0.29, 0.717) is 23.6 Å². The molecule has 0 saturated heterocycles. The summed E-state index contributed by atoms with van der Waals surface area (Å²) in [5, 5.41) is 2.84. The van der Waals surface area contributed by atoms with E-state index in [9.17, 15) is 4.79 Å². The Morgan fingerprint density at radius 2 is 2.18 bits per heavy atom. The monoisotopic (exact) mass is 233 g/mol. The van der Waals surface area contributed by atoms with Crippen LogP contribution in [0.5, 0.6) is 11.5 Å². The Labute approximate surface area is 101 Å². The normalized spacial score (nSPS) is 9.47. The molecule has 1 rings (SSSR count). The molecule has 1 aromatic carbocycles. The largest absolute Gasteiger partial charge is 0.497 e. The molecule has 0 aromatic heterocycles. The minimum absolute atomic E-state index is 0.0697.